The summed E-state index contributed by atoms with van der Waals surface area (Å²) >= 11 is 0. The quantitative estimate of drug-likeness (QED) is 0.902. The van der Waals surface area contributed by atoms with Crippen LogP contribution in [0.2, 0.25) is 0 Å². The van der Waals surface area contributed by atoms with Crippen LogP contribution in [0.4, 0.5) is 10.1 Å². The van der Waals surface area contributed by atoms with E-state index in [4.69, 9.17) is 5.73 Å². The Hall–Kier alpha value is -1.13. The standard InChI is InChI=1S/C15H24FN3/c1-3-18-6-7-19(11-12(18)2)15-9-13(4-5-17)8-14(16)10-15/h8-10,12H,3-7,11,17H2,1-2H3. The Bertz CT molecular complexity index is 422. The molecule has 1 aliphatic rings. The number of benzene rings is 1. The predicted molar refractivity (Wildman–Crippen MR) is 78.1 cm³/mol. The van der Waals surface area contributed by atoms with Gasteiger partial charge in [-0.15, -0.1) is 0 Å². The number of likely N-dealkylation sites (N-methyl/N-ethyl adjacent to an activating group) is 1. The molecular formula is C15H24FN3. The van der Waals surface area contributed by atoms with Gasteiger partial charge in [-0.05, 0) is 50.2 Å². The van der Waals surface area contributed by atoms with Crippen LogP contribution in [0.1, 0.15) is 19.4 Å². The van der Waals surface area contributed by atoms with Crippen LogP contribution >= 0.6 is 0 Å². The van der Waals surface area contributed by atoms with Crippen LogP contribution in [0, 0.1) is 5.82 Å². The van der Waals surface area contributed by atoms with E-state index in [1.54, 1.807) is 12.1 Å². The van der Waals surface area contributed by atoms with E-state index < -0.39 is 0 Å². The molecule has 1 atom stereocenters. The molecule has 0 bridgehead atoms. The van der Waals surface area contributed by atoms with Gasteiger partial charge in [0.2, 0.25) is 0 Å². The molecule has 106 valence electrons. The number of halogens is 1. The van der Waals surface area contributed by atoms with E-state index in [-0.39, 0.29) is 5.82 Å². The fourth-order valence-corrected chi connectivity index (χ4v) is 2.83. The highest BCUT2D eigenvalue weighted by atomic mass is 19.1. The van der Waals surface area contributed by atoms with Crippen LogP contribution in [0.25, 0.3) is 0 Å². The summed E-state index contributed by atoms with van der Waals surface area (Å²) in [6, 6.07) is 5.81. The Morgan fingerprint density at radius 3 is 2.74 bits per heavy atom. The fourth-order valence-electron chi connectivity index (χ4n) is 2.83. The Morgan fingerprint density at radius 1 is 1.32 bits per heavy atom. The molecule has 4 heteroatoms. The molecule has 1 saturated heterocycles. The normalized spacial score (nSPS) is 20.8. The SMILES string of the molecule is CCN1CCN(c2cc(F)cc(CCN)c2)CC1C. The summed E-state index contributed by atoms with van der Waals surface area (Å²) < 4.78 is 13.7. The topological polar surface area (TPSA) is 32.5 Å². The Labute approximate surface area is 115 Å². The summed E-state index contributed by atoms with van der Waals surface area (Å²) in [7, 11) is 0. The number of piperazine rings is 1. The highest BCUT2D eigenvalue weighted by molar-refractivity contribution is 5.50. The second-order valence-corrected chi connectivity index (χ2v) is 5.28. The van der Waals surface area contributed by atoms with Crippen molar-refractivity contribution < 1.29 is 4.39 Å². The van der Waals surface area contributed by atoms with Crippen molar-refractivity contribution in [2.45, 2.75) is 26.3 Å². The third kappa shape index (κ3) is 3.45. The molecule has 1 unspecified atom stereocenters. The van der Waals surface area contributed by atoms with Gasteiger partial charge in [0.25, 0.3) is 0 Å². The van der Waals surface area contributed by atoms with Gasteiger partial charge in [0, 0.05) is 31.4 Å². The lowest BCUT2D eigenvalue weighted by Crippen LogP contribution is -2.51. The van der Waals surface area contributed by atoms with Gasteiger partial charge in [0.05, 0.1) is 0 Å². The van der Waals surface area contributed by atoms with Crippen molar-refractivity contribution >= 4 is 5.69 Å². The smallest absolute Gasteiger partial charge is 0.125 e. The third-order valence-corrected chi connectivity index (χ3v) is 3.91. The Kier molecular flexibility index (Phi) is 4.77. The molecular weight excluding hydrogens is 241 g/mol. The minimum atomic E-state index is -0.161. The maximum absolute atomic E-state index is 13.7. The monoisotopic (exact) mass is 265 g/mol. The number of anilines is 1. The van der Waals surface area contributed by atoms with E-state index in [2.05, 4.69) is 29.7 Å². The van der Waals surface area contributed by atoms with Gasteiger partial charge in [-0.1, -0.05) is 6.92 Å². The van der Waals surface area contributed by atoms with Crippen molar-refractivity contribution in [3.8, 4) is 0 Å². The van der Waals surface area contributed by atoms with Gasteiger partial charge in [-0.3, -0.25) is 4.90 Å². The first kappa shape index (κ1) is 14.3. The molecule has 0 radical (unpaired) electrons. The molecule has 0 aromatic heterocycles. The highest BCUT2D eigenvalue weighted by Crippen LogP contribution is 2.22. The first-order valence-corrected chi connectivity index (χ1v) is 7.12. The van der Waals surface area contributed by atoms with Crippen molar-refractivity contribution in [1.82, 2.24) is 4.90 Å². The number of hydrogen-bond donors (Lipinski definition) is 1. The summed E-state index contributed by atoms with van der Waals surface area (Å²) in [6.45, 7) is 9.02. The number of nitrogens with two attached hydrogens (primary N) is 1. The van der Waals surface area contributed by atoms with Gasteiger partial charge in [0.1, 0.15) is 5.82 Å². The summed E-state index contributed by atoms with van der Waals surface area (Å²) in [5, 5.41) is 0. The molecule has 1 aliphatic heterocycles. The molecule has 19 heavy (non-hydrogen) atoms. The van der Waals surface area contributed by atoms with Crippen LogP contribution < -0.4 is 10.6 Å². The molecule has 0 amide bonds. The molecule has 1 aromatic carbocycles. The average molecular weight is 265 g/mol. The van der Waals surface area contributed by atoms with Gasteiger partial charge in [-0.25, -0.2) is 4.39 Å². The van der Waals surface area contributed by atoms with Gasteiger partial charge < -0.3 is 10.6 Å². The van der Waals surface area contributed by atoms with Crippen molar-refractivity contribution in [3.05, 3.63) is 29.6 Å². The predicted octanol–water partition coefficient (Wildman–Crippen LogP) is 1.86. The summed E-state index contributed by atoms with van der Waals surface area (Å²) in [6.07, 6.45) is 0.731. The van der Waals surface area contributed by atoms with Crippen LogP contribution in [0.5, 0.6) is 0 Å². The summed E-state index contributed by atoms with van der Waals surface area (Å²) in [5.74, 6) is -0.161. The summed E-state index contributed by atoms with van der Waals surface area (Å²) in [4.78, 5) is 4.73. The first-order valence-electron chi connectivity index (χ1n) is 7.12. The number of nitrogens with zero attached hydrogens (tertiary/aromatic N) is 2. The van der Waals surface area contributed by atoms with E-state index in [0.717, 1.165) is 43.9 Å². The molecule has 1 heterocycles. The molecule has 2 rings (SSSR count). The first-order chi connectivity index (χ1) is 9.13. The molecule has 0 aliphatic carbocycles. The van der Waals surface area contributed by atoms with E-state index >= 15 is 0 Å². The van der Waals surface area contributed by atoms with Crippen LogP contribution in [0.15, 0.2) is 18.2 Å². The van der Waals surface area contributed by atoms with Gasteiger partial charge in [0.15, 0.2) is 0 Å². The lowest BCUT2D eigenvalue weighted by atomic mass is 10.1. The maximum Gasteiger partial charge on any atom is 0.125 e. The van der Waals surface area contributed by atoms with Crippen molar-refractivity contribution in [2.75, 3.05) is 37.6 Å². The highest BCUT2D eigenvalue weighted by Gasteiger charge is 2.22. The largest absolute Gasteiger partial charge is 0.369 e. The summed E-state index contributed by atoms with van der Waals surface area (Å²) in [5.41, 5.74) is 7.54. The van der Waals surface area contributed by atoms with Crippen LogP contribution in [-0.4, -0.2) is 43.7 Å². The molecule has 2 N–H and O–H groups in total. The number of hydrogen-bond acceptors (Lipinski definition) is 3. The zero-order chi connectivity index (χ0) is 13.8. The molecule has 0 saturated carbocycles. The fraction of sp³-hybridized carbons (Fsp3) is 0.600. The second kappa shape index (κ2) is 6.35. The Morgan fingerprint density at radius 2 is 2.11 bits per heavy atom. The van der Waals surface area contributed by atoms with E-state index in [0.29, 0.717) is 12.6 Å². The average Bonchev–Trinajstić information content (AvgIpc) is 2.38. The van der Waals surface area contributed by atoms with Crippen LogP contribution in [0.3, 0.4) is 0 Å². The maximum atomic E-state index is 13.7. The van der Waals surface area contributed by atoms with Crippen molar-refractivity contribution in [2.24, 2.45) is 5.73 Å². The third-order valence-electron chi connectivity index (χ3n) is 3.91. The van der Waals surface area contributed by atoms with Gasteiger partial charge >= 0.3 is 0 Å². The van der Waals surface area contributed by atoms with Crippen molar-refractivity contribution in [3.63, 3.8) is 0 Å². The van der Waals surface area contributed by atoms with Gasteiger partial charge in [-0.2, -0.15) is 0 Å². The lowest BCUT2D eigenvalue weighted by Gasteiger charge is -2.40. The molecule has 1 aromatic rings. The van der Waals surface area contributed by atoms with Crippen molar-refractivity contribution in [1.29, 1.82) is 0 Å². The second-order valence-electron chi connectivity index (χ2n) is 5.28. The molecule has 1 fully saturated rings. The van der Waals surface area contributed by atoms with E-state index in [1.165, 1.54) is 0 Å². The Balaban J connectivity index is 2.13. The minimum Gasteiger partial charge on any atom is -0.369 e. The number of rotatable bonds is 4. The van der Waals surface area contributed by atoms with E-state index in [1.807, 2.05) is 0 Å². The molecule has 0 spiro atoms. The zero-order valence-electron chi connectivity index (χ0n) is 11.9. The van der Waals surface area contributed by atoms with Crippen LogP contribution in [-0.2, 0) is 6.42 Å². The zero-order valence-corrected chi connectivity index (χ0v) is 11.9. The lowest BCUT2D eigenvalue weighted by molar-refractivity contribution is 0.199. The minimum absolute atomic E-state index is 0.161. The molecule has 3 nitrogen and oxygen atoms in total. The van der Waals surface area contributed by atoms with E-state index in [9.17, 15) is 4.39 Å².